The lowest BCUT2D eigenvalue weighted by molar-refractivity contribution is -0.164. The van der Waals surface area contributed by atoms with Gasteiger partial charge in [0.2, 0.25) is 0 Å². The minimum atomic E-state index is -0.561. The third-order valence-electron chi connectivity index (χ3n) is 3.61. The van der Waals surface area contributed by atoms with Crippen LogP contribution in [0.5, 0.6) is 0 Å². The third kappa shape index (κ3) is 7.57. The molecule has 2 aliphatic rings. The fourth-order valence-electron chi connectivity index (χ4n) is 2.36. The van der Waals surface area contributed by atoms with Crippen molar-refractivity contribution in [2.45, 2.75) is 63.9 Å². The highest BCUT2D eigenvalue weighted by Crippen LogP contribution is 2.15. The molecule has 0 unspecified atom stereocenters. The van der Waals surface area contributed by atoms with Crippen molar-refractivity contribution in [3.05, 3.63) is 0 Å². The molecule has 2 aliphatic heterocycles. The Bertz CT molecular complexity index is 350. The van der Waals surface area contributed by atoms with Gasteiger partial charge in [0.05, 0.1) is 38.6 Å². The molecule has 4 atom stereocenters. The summed E-state index contributed by atoms with van der Waals surface area (Å²) in [5, 5.41) is 18.4. The van der Waals surface area contributed by atoms with Crippen LogP contribution in [0, 0.1) is 0 Å². The zero-order valence-electron chi connectivity index (χ0n) is 14.3. The van der Waals surface area contributed by atoms with Crippen LogP contribution in [0.1, 0.15) is 39.5 Å². The van der Waals surface area contributed by atoms with Crippen LogP contribution >= 0.6 is 0 Å². The molecule has 2 rings (SSSR count). The first-order valence-corrected chi connectivity index (χ1v) is 8.40. The number of esters is 2. The van der Waals surface area contributed by atoms with E-state index in [1.807, 2.05) is 0 Å². The van der Waals surface area contributed by atoms with Crippen molar-refractivity contribution in [3.63, 3.8) is 0 Å². The second kappa shape index (κ2) is 11.4. The van der Waals surface area contributed by atoms with Crippen LogP contribution in [-0.2, 0) is 28.5 Å². The number of aliphatic hydroxyl groups is 2. The van der Waals surface area contributed by atoms with Crippen LogP contribution in [0.2, 0.25) is 0 Å². The molecule has 0 spiro atoms. The molecular weight excluding hydrogens is 320 g/mol. The Morgan fingerprint density at radius 1 is 0.875 bits per heavy atom. The van der Waals surface area contributed by atoms with Crippen LogP contribution in [0.25, 0.3) is 0 Å². The Morgan fingerprint density at radius 3 is 1.54 bits per heavy atom. The van der Waals surface area contributed by atoms with E-state index in [0.29, 0.717) is 52.1 Å². The first-order chi connectivity index (χ1) is 11.5. The van der Waals surface area contributed by atoms with Crippen LogP contribution in [0.3, 0.4) is 0 Å². The lowest BCUT2D eigenvalue weighted by atomic mass is 10.1. The Hall–Kier alpha value is -1.22. The lowest BCUT2D eigenvalue weighted by Crippen LogP contribution is -2.35. The zero-order chi connectivity index (χ0) is 17.9. The summed E-state index contributed by atoms with van der Waals surface area (Å²) < 4.78 is 19.8. The monoisotopic (exact) mass is 348 g/mol. The van der Waals surface area contributed by atoms with E-state index in [-0.39, 0.29) is 11.9 Å². The maximum absolute atomic E-state index is 11.1. The lowest BCUT2D eigenvalue weighted by Gasteiger charge is -2.24. The summed E-state index contributed by atoms with van der Waals surface area (Å²) in [7, 11) is 0. The molecule has 0 radical (unpaired) electrons. The second-order valence-corrected chi connectivity index (χ2v) is 5.58. The molecule has 0 aromatic heterocycles. The van der Waals surface area contributed by atoms with Crippen LogP contribution in [0.4, 0.5) is 0 Å². The van der Waals surface area contributed by atoms with E-state index in [4.69, 9.17) is 18.9 Å². The molecule has 0 aromatic carbocycles. The van der Waals surface area contributed by atoms with Crippen LogP contribution < -0.4 is 0 Å². The molecule has 0 saturated carbocycles. The molecule has 8 nitrogen and oxygen atoms in total. The summed E-state index contributed by atoms with van der Waals surface area (Å²) >= 11 is 0. The number of hydrogen-bond donors (Lipinski definition) is 2. The van der Waals surface area contributed by atoms with E-state index < -0.39 is 24.4 Å². The van der Waals surface area contributed by atoms with Gasteiger partial charge in [0, 0.05) is 12.8 Å². The smallest absolute Gasteiger partial charge is 0.335 e. The first-order valence-electron chi connectivity index (χ1n) is 8.40. The Morgan fingerprint density at radius 2 is 1.25 bits per heavy atom. The molecule has 2 saturated heterocycles. The van der Waals surface area contributed by atoms with E-state index in [0.717, 1.165) is 0 Å². The van der Waals surface area contributed by atoms with Crippen molar-refractivity contribution in [1.29, 1.82) is 0 Å². The standard InChI is InChI=1S/2C8H14O4/c2*1-2-11-8(10)7-5-6(9)3-4-12-7/h2*6-7,9H,2-5H2,1H3/t2*6-,7-/m10/s1. The summed E-state index contributed by atoms with van der Waals surface area (Å²) in [4.78, 5) is 22.2. The Kier molecular flexibility index (Phi) is 9.85. The molecule has 0 aliphatic carbocycles. The van der Waals surface area contributed by atoms with E-state index in [1.165, 1.54) is 0 Å². The van der Waals surface area contributed by atoms with Crippen molar-refractivity contribution in [2.24, 2.45) is 0 Å². The fraction of sp³-hybridized carbons (Fsp3) is 0.875. The molecule has 2 N–H and O–H groups in total. The second-order valence-electron chi connectivity index (χ2n) is 5.58. The molecular formula is C16H28O8. The Balaban J connectivity index is 0.000000240. The number of rotatable bonds is 4. The number of ether oxygens (including phenoxy) is 4. The van der Waals surface area contributed by atoms with Gasteiger partial charge in [-0.05, 0) is 26.7 Å². The normalized spacial score (nSPS) is 29.8. The largest absolute Gasteiger partial charge is 0.464 e. The zero-order valence-corrected chi connectivity index (χ0v) is 14.3. The van der Waals surface area contributed by atoms with Crippen molar-refractivity contribution in [2.75, 3.05) is 26.4 Å². The SMILES string of the molecule is CCOC(=O)[C@@H]1C[C@@H](O)CCO1.CCOC(=O)[C@H]1C[C@H](O)CCO1. The van der Waals surface area contributed by atoms with Crippen LogP contribution in [0.15, 0.2) is 0 Å². The number of hydrogen-bond acceptors (Lipinski definition) is 8. The van der Waals surface area contributed by atoms with E-state index in [1.54, 1.807) is 13.8 Å². The minimum Gasteiger partial charge on any atom is -0.464 e. The van der Waals surface area contributed by atoms with Crippen molar-refractivity contribution in [3.8, 4) is 0 Å². The van der Waals surface area contributed by atoms with Gasteiger partial charge >= 0.3 is 11.9 Å². The van der Waals surface area contributed by atoms with Gasteiger partial charge in [0.25, 0.3) is 0 Å². The topological polar surface area (TPSA) is 112 Å². The molecule has 8 heteroatoms. The molecule has 0 aromatic rings. The van der Waals surface area contributed by atoms with Gasteiger partial charge in [-0.3, -0.25) is 0 Å². The molecule has 24 heavy (non-hydrogen) atoms. The van der Waals surface area contributed by atoms with Crippen molar-refractivity contribution >= 4 is 11.9 Å². The summed E-state index contributed by atoms with van der Waals surface area (Å²) in [6, 6.07) is 0. The molecule has 0 bridgehead atoms. The number of carbonyl (C=O) groups is 2. The van der Waals surface area contributed by atoms with E-state index in [2.05, 4.69) is 0 Å². The predicted molar refractivity (Wildman–Crippen MR) is 83.2 cm³/mol. The van der Waals surface area contributed by atoms with Gasteiger partial charge in [-0.15, -0.1) is 0 Å². The molecule has 0 amide bonds. The highest BCUT2D eigenvalue weighted by Gasteiger charge is 2.28. The van der Waals surface area contributed by atoms with Crippen molar-refractivity contribution in [1.82, 2.24) is 0 Å². The summed E-state index contributed by atoms with van der Waals surface area (Å²) in [5.41, 5.74) is 0. The highest BCUT2D eigenvalue weighted by molar-refractivity contribution is 5.75. The van der Waals surface area contributed by atoms with Gasteiger partial charge in [-0.25, -0.2) is 9.59 Å². The summed E-state index contributed by atoms with van der Waals surface area (Å²) in [6.07, 6.45) is -0.0348. The molecule has 140 valence electrons. The number of aliphatic hydroxyl groups excluding tert-OH is 2. The average molecular weight is 348 g/mol. The van der Waals surface area contributed by atoms with Crippen molar-refractivity contribution < 1.29 is 38.7 Å². The minimum absolute atomic E-state index is 0.356. The maximum atomic E-state index is 11.1. The Labute approximate surface area is 142 Å². The first kappa shape index (κ1) is 20.8. The highest BCUT2D eigenvalue weighted by atomic mass is 16.6. The van der Waals surface area contributed by atoms with E-state index >= 15 is 0 Å². The third-order valence-corrected chi connectivity index (χ3v) is 3.61. The van der Waals surface area contributed by atoms with Gasteiger partial charge in [0.1, 0.15) is 0 Å². The van der Waals surface area contributed by atoms with Crippen LogP contribution in [-0.4, -0.2) is 73.0 Å². The quantitative estimate of drug-likeness (QED) is 0.692. The summed E-state index contributed by atoms with van der Waals surface area (Å²) in [6.45, 7) is 5.08. The predicted octanol–water partition coefficient (Wildman–Crippen LogP) is 0.179. The van der Waals surface area contributed by atoms with Gasteiger partial charge < -0.3 is 29.2 Å². The van der Waals surface area contributed by atoms with Gasteiger partial charge in [-0.1, -0.05) is 0 Å². The average Bonchev–Trinajstić information content (AvgIpc) is 2.56. The fourth-order valence-corrected chi connectivity index (χ4v) is 2.36. The maximum Gasteiger partial charge on any atom is 0.335 e. The number of carbonyl (C=O) groups excluding carboxylic acids is 2. The summed E-state index contributed by atoms with van der Waals surface area (Å²) in [5.74, 6) is -0.729. The van der Waals surface area contributed by atoms with Gasteiger partial charge in [-0.2, -0.15) is 0 Å². The van der Waals surface area contributed by atoms with E-state index in [9.17, 15) is 19.8 Å². The molecule has 2 heterocycles. The molecule has 2 fully saturated rings. The van der Waals surface area contributed by atoms with Gasteiger partial charge in [0.15, 0.2) is 12.2 Å².